The first-order valence-corrected chi connectivity index (χ1v) is 4.79. The molecular formula is C11H11NO3. The molecule has 0 spiro atoms. The maximum Gasteiger partial charge on any atom is 0.310 e. The van der Waals surface area contributed by atoms with Gasteiger partial charge < -0.3 is 9.63 Å². The molecule has 0 bridgehead atoms. The molecule has 1 aromatic carbocycles. The molecule has 0 aliphatic rings. The van der Waals surface area contributed by atoms with Crippen molar-refractivity contribution in [3.8, 4) is 0 Å². The van der Waals surface area contributed by atoms with Crippen LogP contribution in [0.3, 0.4) is 0 Å². The van der Waals surface area contributed by atoms with Gasteiger partial charge in [0, 0.05) is 5.39 Å². The highest BCUT2D eigenvalue weighted by molar-refractivity contribution is 5.81. The summed E-state index contributed by atoms with van der Waals surface area (Å²) in [6.45, 7) is 1.85. The molecule has 0 saturated carbocycles. The van der Waals surface area contributed by atoms with E-state index in [0.717, 1.165) is 10.9 Å². The summed E-state index contributed by atoms with van der Waals surface area (Å²) in [6.07, 6.45) is 2.11. The van der Waals surface area contributed by atoms with E-state index in [1.54, 1.807) is 12.3 Å². The van der Waals surface area contributed by atoms with Crippen molar-refractivity contribution in [3.05, 3.63) is 30.0 Å². The number of rotatable bonds is 3. The zero-order chi connectivity index (χ0) is 10.8. The van der Waals surface area contributed by atoms with E-state index in [-0.39, 0.29) is 0 Å². The van der Waals surface area contributed by atoms with Crippen molar-refractivity contribution in [2.24, 2.45) is 0 Å². The third-order valence-corrected chi connectivity index (χ3v) is 2.49. The number of aromatic nitrogens is 1. The van der Waals surface area contributed by atoms with E-state index in [1.165, 1.54) is 0 Å². The third-order valence-electron chi connectivity index (χ3n) is 2.49. The lowest BCUT2D eigenvalue weighted by Gasteiger charge is -2.09. The predicted octanol–water partition coefficient (Wildman–Crippen LogP) is 2.41. The highest BCUT2D eigenvalue weighted by Crippen LogP contribution is 2.23. The second-order valence-corrected chi connectivity index (χ2v) is 3.43. The van der Waals surface area contributed by atoms with E-state index in [9.17, 15) is 4.79 Å². The van der Waals surface area contributed by atoms with Crippen LogP contribution in [0.5, 0.6) is 0 Å². The fraction of sp³-hybridized carbons (Fsp3) is 0.273. The Hall–Kier alpha value is -1.84. The second kappa shape index (κ2) is 3.73. The lowest BCUT2D eigenvalue weighted by atomic mass is 9.96. The molecule has 1 N–H and O–H groups in total. The summed E-state index contributed by atoms with van der Waals surface area (Å²) in [5, 5.41) is 13.7. The summed E-state index contributed by atoms with van der Waals surface area (Å²) in [4.78, 5) is 11.0. The van der Waals surface area contributed by atoms with E-state index >= 15 is 0 Å². The lowest BCUT2D eigenvalue weighted by molar-refractivity contribution is -0.138. The molecule has 4 nitrogen and oxygen atoms in total. The number of hydrogen-bond donors (Lipinski definition) is 1. The normalized spacial score (nSPS) is 12.9. The SMILES string of the molecule is CCC(C(=O)O)c1ccc2conc2c1. The van der Waals surface area contributed by atoms with Crippen molar-refractivity contribution in [1.82, 2.24) is 5.16 Å². The van der Waals surface area contributed by atoms with Crippen LogP contribution in [0.1, 0.15) is 24.8 Å². The maximum atomic E-state index is 11.0. The molecule has 4 heteroatoms. The van der Waals surface area contributed by atoms with Gasteiger partial charge in [0.05, 0.1) is 5.92 Å². The summed E-state index contributed by atoms with van der Waals surface area (Å²) in [7, 11) is 0. The average molecular weight is 205 g/mol. The van der Waals surface area contributed by atoms with Crippen LogP contribution in [-0.4, -0.2) is 16.2 Å². The van der Waals surface area contributed by atoms with Gasteiger partial charge in [0.15, 0.2) is 0 Å². The minimum atomic E-state index is -0.805. The number of carbonyl (C=O) groups is 1. The first-order valence-electron chi connectivity index (χ1n) is 4.79. The Morgan fingerprint density at radius 1 is 1.60 bits per heavy atom. The van der Waals surface area contributed by atoms with Crippen LogP contribution in [0, 0.1) is 0 Å². The van der Waals surface area contributed by atoms with Crippen LogP contribution < -0.4 is 0 Å². The minimum absolute atomic E-state index is 0.467. The van der Waals surface area contributed by atoms with Crippen molar-refractivity contribution in [1.29, 1.82) is 0 Å². The van der Waals surface area contributed by atoms with Gasteiger partial charge in [0.2, 0.25) is 0 Å². The highest BCUT2D eigenvalue weighted by atomic mass is 16.5. The van der Waals surface area contributed by atoms with Crippen molar-refractivity contribution >= 4 is 16.9 Å². The lowest BCUT2D eigenvalue weighted by Crippen LogP contribution is -2.10. The first kappa shape index (κ1) is 9.71. The Kier molecular flexibility index (Phi) is 2.41. The van der Waals surface area contributed by atoms with Gasteiger partial charge in [-0.15, -0.1) is 0 Å². The zero-order valence-corrected chi connectivity index (χ0v) is 8.30. The predicted molar refractivity (Wildman–Crippen MR) is 54.7 cm³/mol. The number of nitrogens with zero attached hydrogens (tertiary/aromatic N) is 1. The van der Waals surface area contributed by atoms with E-state index < -0.39 is 11.9 Å². The summed E-state index contributed by atoms with van der Waals surface area (Å²) in [5.41, 5.74) is 1.47. The Balaban J connectivity index is 2.46. The number of fused-ring (bicyclic) bond motifs is 1. The number of aliphatic carboxylic acids is 1. The fourth-order valence-corrected chi connectivity index (χ4v) is 1.65. The smallest absolute Gasteiger partial charge is 0.310 e. The van der Waals surface area contributed by atoms with E-state index in [1.807, 2.05) is 19.1 Å². The molecule has 0 aliphatic carbocycles. The van der Waals surface area contributed by atoms with Gasteiger partial charge in [-0.1, -0.05) is 18.1 Å². The number of carboxylic acid groups (broad SMARTS) is 1. The van der Waals surface area contributed by atoms with Gasteiger partial charge in [-0.25, -0.2) is 0 Å². The number of benzene rings is 1. The molecule has 2 aromatic rings. The maximum absolute atomic E-state index is 11.0. The fourth-order valence-electron chi connectivity index (χ4n) is 1.65. The van der Waals surface area contributed by atoms with Crippen LogP contribution in [0.15, 0.2) is 29.0 Å². The Morgan fingerprint density at radius 3 is 3.07 bits per heavy atom. The van der Waals surface area contributed by atoms with Crippen LogP contribution in [-0.2, 0) is 4.79 Å². The van der Waals surface area contributed by atoms with Crippen LogP contribution in [0.25, 0.3) is 10.9 Å². The quantitative estimate of drug-likeness (QED) is 0.835. The molecule has 0 saturated heterocycles. The van der Waals surface area contributed by atoms with Crippen LogP contribution in [0.4, 0.5) is 0 Å². The molecule has 1 atom stereocenters. The molecular weight excluding hydrogens is 194 g/mol. The van der Waals surface area contributed by atoms with Gasteiger partial charge in [-0.3, -0.25) is 4.79 Å². The zero-order valence-electron chi connectivity index (χ0n) is 8.30. The Morgan fingerprint density at radius 2 is 2.40 bits per heavy atom. The third kappa shape index (κ3) is 1.70. The molecule has 1 aromatic heterocycles. The topological polar surface area (TPSA) is 63.3 Å². The molecule has 0 amide bonds. The Bertz CT molecular complexity index is 489. The van der Waals surface area contributed by atoms with E-state index in [0.29, 0.717) is 11.9 Å². The van der Waals surface area contributed by atoms with Gasteiger partial charge in [-0.05, 0) is 24.1 Å². The van der Waals surface area contributed by atoms with Crippen molar-refractivity contribution in [3.63, 3.8) is 0 Å². The summed E-state index contributed by atoms with van der Waals surface area (Å²) < 4.78 is 4.80. The molecule has 0 radical (unpaired) electrons. The summed E-state index contributed by atoms with van der Waals surface area (Å²) in [5.74, 6) is -1.27. The summed E-state index contributed by atoms with van der Waals surface area (Å²) in [6, 6.07) is 5.40. The minimum Gasteiger partial charge on any atom is -0.481 e. The number of carboxylic acids is 1. The van der Waals surface area contributed by atoms with Gasteiger partial charge in [0.1, 0.15) is 11.8 Å². The van der Waals surface area contributed by atoms with Gasteiger partial charge >= 0.3 is 5.97 Å². The number of hydrogen-bond acceptors (Lipinski definition) is 3. The molecule has 1 unspecified atom stereocenters. The van der Waals surface area contributed by atoms with E-state index in [4.69, 9.17) is 9.63 Å². The average Bonchev–Trinajstić information content (AvgIpc) is 2.65. The van der Waals surface area contributed by atoms with Crippen molar-refractivity contribution < 1.29 is 14.4 Å². The standard InChI is InChI=1S/C11H11NO3/c1-2-9(11(13)14)7-3-4-8-6-15-12-10(8)5-7/h3-6,9H,2H2,1H3,(H,13,14). The van der Waals surface area contributed by atoms with Gasteiger partial charge in [0.25, 0.3) is 0 Å². The molecule has 78 valence electrons. The monoisotopic (exact) mass is 205 g/mol. The second-order valence-electron chi connectivity index (χ2n) is 3.43. The van der Waals surface area contributed by atoms with Crippen LogP contribution >= 0.6 is 0 Å². The Labute approximate surface area is 86.5 Å². The van der Waals surface area contributed by atoms with Crippen LogP contribution in [0.2, 0.25) is 0 Å². The van der Waals surface area contributed by atoms with Crippen molar-refractivity contribution in [2.75, 3.05) is 0 Å². The summed E-state index contributed by atoms with van der Waals surface area (Å²) >= 11 is 0. The molecule has 2 rings (SSSR count). The molecule has 15 heavy (non-hydrogen) atoms. The van der Waals surface area contributed by atoms with E-state index in [2.05, 4.69) is 5.16 Å². The largest absolute Gasteiger partial charge is 0.481 e. The highest BCUT2D eigenvalue weighted by Gasteiger charge is 2.17. The molecule has 0 fully saturated rings. The first-order chi connectivity index (χ1) is 7.22. The van der Waals surface area contributed by atoms with Gasteiger partial charge in [-0.2, -0.15) is 0 Å². The molecule has 1 heterocycles. The molecule has 0 aliphatic heterocycles. The van der Waals surface area contributed by atoms with Crippen molar-refractivity contribution in [2.45, 2.75) is 19.3 Å².